The van der Waals surface area contributed by atoms with Crippen LogP contribution in [-0.4, -0.2) is 30.6 Å². The maximum atomic E-state index is 13.4. The molecule has 1 aliphatic heterocycles. The number of thioether (sulfide) groups is 2. The van der Waals surface area contributed by atoms with Crippen molar-refractivity contribution in [2.75, 3.05) is 29.6 Å². The zero-order valence-corrected chi connectivity index (χ0v) is 16.6. The second-order valence-electron chi connectivity index (χ2n) is 6.02. The lowest BCUT2D eigenvalue weighted by Crippen LogP contribution is -2.34. The molecule has 2 aromatic rings. The maximum absolute atomic E-state index is 13.4. The zero-order chi connectivity index (χ0) is 19.2. The van der Waals surface area contributed by atoms with E-state index in [0.717, 1.165) is 12.1 Å². The summed E-state index contributed by atoms with van der Waals surface area (Å²) in [5.74, 6) is 0.745. The molecule has 0 spiro atoms. The SMILES string of the molecule is CCN(C(=O)COc1ccc(C2SCCCS2)cc1)c1ccc(F)c(F)c1. The first-order valence-corrected chi connectivity index (χ1v) is 10.9. The zero-order valence-electron chi connectivity index (χ0n) is 15.0. The highest BCUT2D eigenvalue weighted by atomic mass is 32.2. The van der Waals surface area contributed by atoms with Crippen LogP contribution in [0.4, 0.5) is 14.5 Å². The van der Waals surface area contributed by atoms with Crippen LogP contribution in [0.2, 0.25) is 0 Å². The largest absolute Gasteiger partial charge is 0.484 e. The Morgan fingerprint density at radius 1 is 1.11 bits per heavy atom. The van der Waals surface area contributed by atoms with E-state index < -0.39 is 11.6 Å². The molecule has 1 amide bonds. The van der Waals surface area contributed by atoms with Crippen LogP contribution in [0.15, 0.2) is 42.5 Å². The van der Waals surface area contributed by atoms with E-state index in [-0.39, 0.29) is 12.5 Å². The van der Waals surface area contributed by atoms with Gasteiger partial charge in [0.2, 0.25) is 0 Å². The van der Waals surface area contributed by atoms with Crippen molar-refractivity contribution in [1.29, 1.82) is 0 Å². The van der Waals surface area contributed by atoms with E-state index in [1.54, 1.807) is 6.92 Å². The first kappa shape index (κ1) is 20.0. The highest BCUT2D eigenvalue weighted by molar-refractivity contribution is 8.16. The van der Waals surface area contributed by atoms with E-state index >= 15 is 0 Å². The van der Waals surface area contributed by atoms with Gasteiger partial charge in [-0.15, -0.1) is 23.5 Å². The lowest BCUT2D eigenvalue weighted by molar-refractivity contribution is -0.120. The molecule has 1 heterocycles. The molecule has 0 aromatic heterocycles. The predicted octanol–water partition coefficient (Wildman–Crippen LogP) is 5.27. The summed E-state index contributed by atoms with van der Waals surface area (Å²) in [5, 5.41) is 0. The minimum atomic E-state index is -0.978. The van der Waals surface area contributed by atoms with Crippen LogP contribution in [0.3, 0.4) is 0 Å². The van der Waals surface area contributed by atoms with Gasteiger partial charge in [-0.1, -0.05) is 12.1 Å². The van der Waals surface area contributed by atoms with E-state index in [1.807, 2.05) is 47.8 Å². The fourth-order valence-corrected chi connectivity index (χ4v) is 5.67. The van der Waals surface area contributed by atoms with Crippen LogP contribution >= 0.6 is 23.5 Å². The molecule has 2 aromatic carbocycles. The van der Waals surface area contributed by atoms with Gasteiger partial charge in [-0.25, -0.2) is 8.78 Å². The molecule has 3 nitrogen and oxygen atoms in total. The van der Waals surface area contributed by atoms with Crippen LogP contribution in [0.1, 0.15) is 23.5 Å². The van der Waals surface area contributed by atoms with Crippen molar-refractivity contribution >= 4 is 35.1 Å². The van der Waals surface area contributed by atoms with Gasteiger partial charge in [-0.2, -0.15) is 0 Å². The number of benzene rings is 2. The summed E-state index contributed by atoms with van der Waals surface area (Å²) in [7, 11) is 0. The number of likely N-dealkylation sites (N-methyl/N-ethyl adjacent to an activating group) is 1. The summed E-state index contributed by atoms with van der Waals surface area (Å²) in [6.45, 7) is 1.94. The number of rotatable bonds is 6. The van der Waals surface area contributed by atoms with Gasteiger partial charge in [-0.3, -0.25) is 4.79 Å². The van der Waals surface area contributed by atoms with Gasteiger partial charge in [0.1, 0.15) is 5.75 Å². The number of halogens is 2. The third-order valence-electron chi connectivity index (χ3n) is 4.17. The van der Waals surface area contributed by atoms with Crippen molar-refractivity contribution in [1.82, 2.24) is 0 Å². The minimum Gasteiger partial charge on any atom is -0.484 e. The lowest BCUT2D eigenvalue weighted by Gasteiger charge is -2.22. The summed E-state index contributed by atoms with van der Waals surface area (Å²) >= 11 is 3.90. The molecule has 0 aliphatic carbocycles. The molecule has 0 saturated carbocycles. The molecule has 0 bridgehead atoms. The number of carbonyl (C=O) groups excluding carboxylic acids is 1. The third kappa shape index (κ3) is 5.17. The van der Waals surface area contributed by atoms with Crippen molar-refractivity contribution in [2.45, 2.75) is 17.9 Å². The van der Waals surface area contributed by atoms with Crippen LogP contribution in [-0.2, 0) is 4.79 Å². The minimum absolute atomic E-state index is 0.168. The Hall–Kier alpha value is -1.73. The average molecular weight is 410 g/mol. The van der Waals surface area contributed by atoms with Gasteiger partial charge in [0.15, 0.2) is 18.2 Å². The van der Waals surface area contributed by atoms with E-state index in [9.17, 15) is 13.6 Å². The van der Waals surface area contributed by atoms with Crippen LogP contribution in [0, 0.1) is 11.6 Å². The number of carbonyl (C=O) groups is 1. The Morgan fingerprint density at radius 2 is 1.81 bits per heavy atom. The molecular formula is C20H21F2NO2S2. The van der Waals surface area contributed by atoms with Crippen molar-refractivity contribution in [3.8, 4) is 5.75 Å². The first-order chi connectivity index (χ1) is 13.1. The highest BCUT2D eigenvalue weighted by Gasteiger charge is 2.18. The molecule has 0 N–H and O–H groups in total. The topological polar surface area (TPSA) is 29.5 Å². The molecule has 1 aliphatic rings. The predicted molar refractivity (Wildman–Crippen MR) is 109 cm³/mol. The highest BCUT2D eigenvalue weighted by Crippen LogP contribution is 2.43. The fourth-order valence-electron chi connectivity index (χ4n) is 2.78. The standard InChI is InChI=1S/C20H21F2NO2S2/c1-2-23(15-6-9-17(21)18(22)12-15)19(24)13-25-16-7-4-14(5-8-16)20-26-10-3-11-27-20/h4-9,12,20H,2-3,10-11,13H2,1H3. The Morgan fingerprint density at radius 3 is 2.44 bits per heavy atom. The maximum Gasteiger partial charge on any atom is 0.264 e. The Kier molecular flexibility index (Phi) is 7.01. The van der Waals surface area contributed by atoms with Crippen LogP contribution in [0.5, 0.6) is 5.75 Å². The van der Waals surface area contributed by atoms with Gasteiger partial charge in [0, 0.05) is 18.3 Å². The second kappa shape index (κ2) is 9.46. The molecule has 0 unspecified atom stereocenters. The quantitative estimate of drug-likeness (QED) is 0.650. The Bertz CT molecular complexity index is 780. The lowest BCUT2D eigenvalue weighted by atomic mass is 10.2. The number of anilines is 1. The van der Waals surface area contributed by atoms with Gasteiger partial charge in [0.05, 0.1) is 4.58 Å². The number of hydrogen-bond acceptors (Lipinski definition) is 4. The smallest absolute Gasteiger partial charge is 0.264 e. The van der Waals surface area contributed by atoms with Gasteiger partial charge >= 0.3 is 0 Å². The number of amides is 1. The van der Waals surface area contributed by atoms with Crippen molar-refractivity contribution in [2.24, 2.45) is 0 Å². The van der Waals surface area contributed by atoms with Crippen molar-refractivity contribution < 1.29 is 18.3 Å². The van der Waals surface area contributed by atoms with E-state index in [0.29, 0.717) is 22.6 Å². The molecule has 7 heteroatoms. The summed E-state index contributed by atoms with van der Waals surface area (Å²) in [6, 6.07) is 11.2. The van der Waals surface area contributed by atoms with Crippen molar-refractivity contribution in [3.05, 3.63) is 59.7 Å². The van der Waals surface area contributed by atoms with Gasteiger partial charge in [0.25, 0.3) is 5.91 Å². The van der Waals surface area contributed by atoms with Crippen molar-refractivity contribution in [3.63, 3.8) is 0 Å². The average Bonchev–Trinajstić information content (AvgIpc) is 2.70. The molecule has 1 fully saturated rings. The van der Waals surface area contributed by atoms with Gasteiger partial charge in [-0.05, 0) is 54.7 Å². The summed E-state index contributed by atoms with van der Waals surface area (Å²) in [5.41, 5.74) is 1.56. The molecule has 1 saturated heterocycles. The normalized spacial score (nSPS) is 14.8. The Labute approximate surface area is 166 Å². The number of ether oxygens (including phenoxy) is 1. The number of hydrogen-bond donors (Lipinski definition) is 0. The second-order valence-corrected chi connectivity index (χ2v) is 8.75. The summed E-state index contributed by atoms with van der Waals surface area (Å²) in [6.07, 6.45) is 1.25. The first-order valence-electron chi connectivity index (χ1n) is 8.80. The van der Waals surface area contributed by atoms with E-state index in [4.69, 9.17) is 4.74 Å². The molecule has 0 radical (unpaired) electrons. The fraction of sp³-hybridized carbons (Fsp3) is 0.350. The summed E-state index contributed by atoms with van der Waals surface area (Å²) in [4.78, 5) is 13.8. The third-order valence-corrected chi connectivity index (χ3v) is 7.19. The molecule has 0 atom stereocenters. The molecule has 3 rings (SSSR count). The van der Waals surface area contributed by atoms with Crippen LogP contribution in [0.25, 0.3) is 0 Å². The Balaban J connectivity index is 1.59. The molecular weight excluding hydrogens is 388 g/mol. The van der Waals surface area contributed by atoms with E-state index in [1.165, 1.54) is 34.5 Å². The monoisotopic (exact) mass is 409 g/mol. The van der Waals surface area contributed by atoms with Crippen LogP contribution < -0.4 is 9.64 Å². The van der Waals surface area contributed by atoms with E-state index in [2.05, 4.69) is 0 Å². The number of nitrogens with zero attached hydrogens (tertiary/aromatic N) is 1. The summed E-state index contributed by atoms with van der Waals surface area (Å²) < 4.78 is 32.6. The molecule has 144 valence electrons. The van der Waals surface area contributed by atoms with Gasteiger partial charge < -0.3 is 9.64 Å². The molecule has 27 heavy (non-hydrogen) atoms.